The molecular formula is C16H22N4O2. The number of rotatable bonds is 7. The largest absolute Gasteiger partial charge is 0.496 e. The number of aryl methyl sites for hydroxylation is 1. The summed E-state index contributed by atoms with van der Waals surface area (Å²) in [5, 5.41) is 2.90. The summed E-state index contributed by atoms with van der Waals surface area (Å²) in [5.41, 5.74) is 1.98. The van der Waals surface area contributed by atoms with Crippen molar-refractivity contribution in [2.75, 3.05) is 20.7 Å². The maximum atomic E-state index is 12.0. The van der Waals surface area contributed by atoms with Crippen molar-refractivity contribution in [3.8, 4) is 5.75 Å². The zero-order chi connectivity index (χ0) is 15.9. The highest BCUT2D eigenvalue weighted by atomic mass is 16.5. The summed E-state index contributed by atoms with van der Waals surface area (Å²) >= 11 is 0. The number of hydrogen-bond acceptors (Lipinski definition) is 4. The summed E-state index contributed by atoms with van der Waals surface area (Å²) < 4.78 is 5.27. The fraction of sp³-hybridized carbons (Fsp3) is 0.375. The van der Waals surface area contributed by atoms with Gasteiger partial charge in [-0.1, -0.05) is 18.2 Å². The molecule has 22 heavy (non-hydrogen) atoms. The van der Waals surface area contributed by atoms with Crippen molar-refractivity contribution in [1.82, 2.24) is 20.2 Å². The van der Waals surface area contributed by atoms with E-state index in [2.05, 4.69) is 15.3 Å². The SMILES string of the molecule is COc1ccccc1CNC(=O)CN(C)Cc1ncc(C)[nH]1. The van der Waals surface area contributed by atoms with Gasteiger partial charge in [-0.15, -0.1) is 0 Å². The van der Waals surface area contributed by atoms with E-state index in [1.807, 2.05) is 43.1 Å². The minimum Gasteiger partial charge on any atom is -0.496 e. The number of carbonyl (C=O) groups is 1. The Morgan fingerprint density at radius 2 is 2.18 bits per heavy atom. The number of aromatic nitrogens is 2. The van der Waals surface area contributed by atoms with Crippen LogP contribution in [0.1, 0.15) is 17.1 Å². The molecule has 0 aliphatic heterocycles. The maximum absolute atomic E-state index is 12.0. The lowest BCUT2D eigenvalue weighted by atomic mass is 10.2. The van der Waals surface area contributed by atoms with E-state index >= 15 is 0 Å². The molecule has 0 saturated heterocycles. The van der Waals surface area contributed by atoms with Crippen LogP contribution >= 0.6 is 0 Å². The molecule has 0 unspecified atom stereocenters. The first-order chi connectivity index (χ1) is 10.6. The van der Waals surface area contributed by atoms with E-state index in [4.69, 9.17) is 4.74 Å². The van der Waals surface area contributed by atoms with Crippen LogP contribution in [0, 0.1) is 6.92 Å². The first-order valence-corrected chi connectivity index (χ1v) is 7.16. The van der Waals surface area contributed by atoms with Crippen LogP contribution in [-0.4, -0.2) is 41.5 Å². The lowest BCUT2D eigenvalue weighted by Gasteiger charge is -2.15. The Morgan fingerprint density at radius 1 is 1.41 bits per heavy atom. The lowest BCUT2D eigenvalue weighted by molar-refractivity contribution is -0.122. The minimum atomic E-state index is -0.0308. The first-order valence-electron chi connectivity index (χ1n) is 7.16. The first kappa shape index (κ1) is 16.0. The van der Waals surface area contributed by atoms with Crippen LogP contribution < -0.4 is 10.1 Å². The van der Waals surface area contributed by atoms with Crippen molar-refractivity contribution in [2.24, 2.45) is 0 Å². The van der Waals surface area contributed by atoms with Gasteiger partial charge in [0.2, 0.25) is 5.91 Å². The molecule has 1 aromatic carbocycles. The summed E-state index contributed by atoms with van der Waals surface area (Å²) in [7, 11) is 3.51. The summed E-state index contributed by atoms with van der Waals surface area (Å²) in [4.78, 5) is 21.3. The number of aromatic amines is 1. The van der Waals surface area contributed by atoms with Gasteiger partial charge in [-0.3, -0.25) is 9.69 Å². The second-order valence-electron chi connectivity index (χ2n) is 5.27. The Kier molecular flexibility index (Phi) is 5.55. The van der Waals surface area contributed by atoms with Gasteiger partial charge in [0.25, 0.3) is 0 Å². The van der Waals surface area contributed by atoms with Gasteiger partial charge < -0.3 is 15.0 Å². The number of H-pyrrole nitrogens is 1. The second-order valence-corrected chi connectivity index (χ2v) is 5.27. The number of likely N-dealkylation sites (N-methyl/N-ethyl adjacent to an activating group) is 1. The van der Waals surface area contributed by atoms with Gasteiger partial charge in [0, 0.05) is 24.0 Å². The smallest absolute Gasteiger partial charge is 0.234 e. The van der Waals surface area contributed by atoms with Crippen LogP contribution in [0.25, 0.3) is 0 Å². The van der Waals surface area contributed by atoms with E-state index in [9.17, 15) is 4.79 Å². The van der Waals surface area contributed by atoms with Gasteiger partial charge in [0.15, 0.2) is 0 Å². The minimum absolute atomic E-state index is 0.0308. The van der Waals surface area contributed by atoms with Crippen molar-refractivity contribution >= 4 is 5.91 Å². The average molecular weight is 302 g/mol. The van der Waals surface area contributed by atoms with Gasteiger partial charge in [-0.25, -0.2) is 4.98 Å². The van der Waals surface area contributed by atoms with Crippen LogP contribution in [0.5, 0.6) is 5.75 Å². The number of carbonyl (C=O) groups excluding carboxylic acids is 1. The average Bonchev–Trinajstić information content (AvgIpc) is 2.90. The molecule has 0 aliphatic carbocycles. The Hall–Kier alpha value is -2.34. The predicted molar refractivity (Wildman–Crippen MR) is 84.5 cm³/mol. The van der Waals surface area contributed by atoms with Crippen molar-refractivity contribution in [3.05, 3.63) is 47.5 Å². The van der Waals surface area contributed by atoms with Gasteiger partial charge in [-0.05, 0) is 20.0 Å². The molecule has 6 heteroatoms. The third kappa shape index (κ3) is 4.60. The summed E-state index contributed by atoms with van der Waals surface area (Å²) in [5.74, 6) is 1.61. The molecule has 0 fully saturated rings. The highest BCUT2D eigenvalue weighted by Gasteiger charge is 2.09. The van der Waals surface area contributed by atoms with E-state index in [0.29, 0.717) is 19.6 Å². The van der Waals surface area contributed by atoms with E-state index in [0.717, 1.165) is 22.8 Å². The monoisotopic (exact) mass is 302 g/mol. The molecule has 2 rings (SSSR count). The van der Waals surface area contributed by atoms with Crippen LogP contribution in [0.4, 0.5) is 0 Å². The molecule has 0 radical (unpaired) electrons. The Balaban J connectivity index is 1.80. The van der Waals surface area contributed by atoms with E-state index < -0.39 is 0 Å². The van der Waals surface area contributed by atoms with E-state index in [1.165, 1.54) is 0 Å². The second kappa shape index (κ2) is 7.61. The van der Waals surface area contributed by atoms with E-state index in [1.54, 1.807) is 13.3 Å². The molecule has 2 N–H and O–H groups in total. The molecular weight excluding hydrogens is 280 g/mol. The van der Waals surface area contributed by atoms with Gasteiger partial charge in [0.1, 0.15) is 11.6 Å². The number of methoxy groups -OCH3 is 1. The molecule has 0 bridgehead atoms. The number of ether oxygens (including phenoxy) is 1. The number of amides is 1. The fourth-order valence-electron chi connectivity index (χ4n) is 2.20. The molecule has 1 heterocycles. The number of hydrogen-bond donors (Lipinski definition) is 2. The fourth-order valence-corrected chi connectivity index (χ4v) is 2.20. The van der Waals surface area contributed by atoms with Crippen LogP contribution in [-0.2, 0) is 17.9 Å². The molecule has 0 aliphatic rings. The van der Waals surface area contributed by atoms with Crippen molar-refractivity contribution in [2.45, 2.75) is 20.0 Å². The number of benzene rings is 1. The predicted octanol–water partition coefficient (Wildman–Crippen LogP) is 1.47. The maximum Gasteiger partial charge on any atom is 0.234 e. The number of para-hydroxylation sites is 1. The van der Waals surface area contributed by atoms with Gasteiger partial charge in [0.05, 0.1) is 20.2 Å². The molecule has 0 spiro atoms. The summed E-state index contributed by atoms with van der Waals surface area (Å²) in [6, 6.07) is 7.65. The molecule has 0 saturated carbocycles. The van der Waals surface area contributed by atoms with Crippen molar-refractivity contribution in [3.63, 3.8) is 0 Å². The Labute approximate surface area is 130 Å². The Bertz CT molecular complexity index is 624. The summed E-state index contributed by atoms with van der Waals surface area (Å²) in [6.45, 7) is 3.33. The van der Waals surface area contributed by atoms with Crippen LogP contribution in [0.15, 0.2) is 30.5 Å². The standard InChI is InChI=1S/C16H22N4O2/c1-12-8-17-15(19-12)10-20(2)11-16(21)18-9-13-6-4-5-7-14(13)22-3/h4-8H,9-11H2,1-3H3,(H,17,19)(H,18,21). The van der Waals surface area contributed by atoms with Crippen LogP contribution in [0.2, 0.25) is 0 Å². The summed E-state index contributed by atoms with van der Waals surface area (Å²) in [6.07, 6.45) is 1.78. The zero-order valence-corrected chi connectivity index (χ0v) is 13.2. The van der Waals surface area contributed by atoms with Crippen molar-refractivity contribution < 1.29 is 9.53 Å². The molecule has 118 valence electrons. The normalized spacial score (nSPS) is 10.7. The Morgan fingerprint density at radius 3 is 2.86 bits per heavy atom. The van der Waals surface area contributed by atoms with Crippen LogP contribution in [0.3, 0.4) is 0 Å². The lowest BCUT2D eigenvalue weighted by Crippen LogP contribution is -2.34. The number of nitrogens with zero attached hydrogens (tertiary/aromatic N) is 2. The highest BCUT2D eigenvalue weighted by molar-refractivity contribution is 5.78. The molecule has 1 amide bonds. The number of nitrogens with one attached hydrogen (secondary N) is 2. The van der Waals surface area contributed by atoms with E-state index in [-0.39, 0.29) is 5.91 Å². The third-order valence-corrected chi connectivity index (χ3v) is 3.26. The quantitative estimate of drug-likeness (QED) is 0.812. The van der Waals surface area contributed by atoms with Gasteiger partial charge >= 0.3 is 0 Å². The van der Waals surface area contributed by atoms with Gasteiger partial charge in [-0.2, -0.15) is 0 Å². The molecule has 2 aromatic rings. The topological polar surface area (TPSA) is 70.2 Å². The highest BCUT2D eigenvalue weighted by Crippen LogP contribution is 2.16. The molecule has 6 nitrogen and oxygen atoms in total. The van der Waals surface area contributed by atoms with Crippen molar-refractivity contribution in [1.29, 1.82) is 0 Å². The zero-order valence-electron chi connectivity index (χ0n) is 13.2. The number of imidazole rings is 1. The molecule has 0 atom stereocenters. The molecule has 1 aromatic heterocycles. The third-order valence-electron chi connectivity index (χ3n) is 3.26.